The van der Waals surface area contributed by atoms with Crippen LogP contribution in [0.25, 0.3) is 0 Å². The molecule has 0 atom stereocenters. The minimum absolute atomic E-state index is 0.0867. The van der Waals surface area contributed by atoms with Crippen molar-refractivity contribution in [2.45, 2.75) is 31.1 Å². The number of nitrogens with zero attached hydrogens (tertiary/aromatic N) is 2. The number of anilines is 1. The van der Waals surface area contributed by atoms with Gasteiger partial charge in [-0.05, 0) is 85.8 Å². The first-order valence-electron chi connectivity index (χ1n) is 11.2. The summed E-state index contributed by atoms with van der Waals surface area (Å²) in [5.74, 6) is 0.223. The SMILES string of the molecule is COc1ccc2c(c1)CCC/C2=N\NC(=O)CN(c1ccc(Cl)cc1C)S(=O)(=O)c1ccccc1. The summed E-state index contributed by atoms with van der Waals surface area (Å²) in [4.78, 5) is 13.1. The van der Waals surface area contributed by atoms with Crippen molar-refractivity contribution in [3.8, 4) is 5.75 Å². The Kier molecular flexibility index (Phi) is 7.42. The molecule has 0 saturated heterocycles. The number of methoxy groups -OCH3 is 1. The number of benzene rings is 3. The Hall–Kier alpha value is -3.36. The van der Waals surface area contributed by atoms with E-state index in [0.29, 0.717) is 22.7 Å². The lowest BCUT2D eigenvalue weighted by Gasteiger charge is -2.25. The molecule has 1 aliphatic rings. The molecule has 0 saturated carbocycles. The zero-order chi connectivity index (χ0) is 25.0. The number of ether oxygens (including phenoxy) is 1. The predicted molar refractivity (Wildman–Crippen MR) is 138 cm³/mol. The minimum atomic E-state index is -4.02. The van der Waals surface area contributed by atoms with E-state index in [0.717, 1.165) is 39.7 Å². The Morgan fingerprint density at radius 1 is 1.09 bits per heavy atom. The molecule has 0 fully saturated rings. The molecular formula is C26H26ClN3O4S. The fourth-order valence-corrected chi connectivity index (χ4v) is 5.83. The van der Waals surface area contributed by atoms with E-state index in [4.69, 9.17) is 16.3 Å². The van der Waals surface area contributed by atoms with E-state index >= 15 is 0 Å². The van der Waals surface area contributed by atoms with Crippen LogP contribution in [0.2, 0.25) is 5.02 Å². The average molecular weight is 512 g/mol. The first kappa shape index (κ1) is 24.8. The predicted octanol–water partition coefficient (Wildman–Crippen LogP) is 4.71. The number of carbonyl (C=O) groups excluding carboxylic acids is 1. The normalized spacial score (nSPS) is 14.3. The van der Waals surface area contributed by atoms with Crippen molar-refractivity contribution in [3.05, 3.63) is 88.4 Å². The fourth-order valence-electron chi connectivity index (χ4n) is 4.10. The van der Waals surface area contributed by atoms with Crippen molar-refractivity contribution >= 4 is 38.9 Å². The highest BCUT2D eigenvalue weighted by molar-refractivity contribution is 7.92. The first-order chi connectivity index (χ1) is 16.8. The number of sulfonamides is 1. The molecule has 182 valence electrons. The van der Waals surface area contributed by atoms with Crippen molar-refractivity contribution in [2.75, 3.05) is 18.0 Å². The molecule has 1 aliphatic carbocycles. The third-order valence-electron chi connectivity index (χ3n) is 5.84. The zero-order valence-corrected chi connectivity index (χ0v) is 21.1. The number of hydrazone groups is 1. The van der Waals surface area contributed by atoms with Gasteiger partial charge in [-0.1, -0.05) is 29.8 Å². The number of rotatable bonds is 7. The maximum absolute atomic E-state index is 13.5. The summed E-state index contributed by atoms with van der Waals surface area (Å²) < 4.78 is 33.4. The van der Waals surface area contributed by atoms with Gasteiger partial charge in [0.05, 0.1) is 23.4 Å². The Balaban J connectivity index is 1.61. The average Bonchev–Trinajstić information content (AvgIpc) is 2.86. The highest BCUT2D eigenvalue weighted by Gasteiger charge is 2.28. The van der Waals surface area contributed by atoms with Gasteiger partial charge in [0.2, 0.25) is 0 Å². The molecule has 0 spiro atoms. The fraction of sp³-hybridized carbons (Fsp3) is 0.231. The number of hydrogen-bond acceptors (Lipinski definition) is 5. The molecule has 0 heterocycles. The maximum atomic E-state index is 13.5. The molecular weight excluding hydrogens is 486 g/mol. The van der Waals surface area contributed by atoms with Crippen LogP contribution in [0.5, 0.6) is 5.75 Å². The van der Waals surface area contributed by atoms with E-state index in [2.05, 4.69) is 10.5 Å². The van der Waals surface area contributed by atoms with Crippen LogP contribution < -0.4 is 14.5 Å². The van der Waals surface area contributed by atoms with Crippen LogP contribution in [0.15, 0.2) is 76.7 Å². The Morgan fingerprint density at radius 3 is 2.57 bits per heavy atom. The molecule has 1 amide bonds. The molecule has 0 bridgehead atoms. The van der Waals surface area contributed by atoms with Crippen LogP contribution in [0, 0.1) is 6.92 Å². The van der Waals surface area contributed by atoms with Gasteiger partial charge in [0.15, 0.2) is 0 Å². The van der Waals surface area contributed by atoms with E-state index in [9.17, 15) is 13.2 Å². The summed E-state index contributed by atoms with van der Waals surface area (Å²) in [6.45, 7) is 1.31. The summed E-state index contributed by atoms with van der Waals surface area (Å²) in [5, 5.41) is 4.83. The lowest BCUT2D eigenvalue weighted by molar-refractivity contribution is -0.119. The second kappa shape index (κ2) is 10.5. The van der Waals surface area contributed by atoms with E-state index in [1.165, 1.54) is 12.1 Å². The monoisotopic (exact) mass is 511 g/mol. The van der Waals surface area contributed by atoms with Crippen LogP contribution in [0.3, 0.4) is 0 Å². The maximum Gasteiger partial charge on any atom is 0.264 e. The number of aryl methyl sites for hydroxylation is 2. The van der Waals surface area contributed by atoms with Crippen LogP contribution in [-0.2, 0) is 21.2 Å². The zero-order valence-electron chi connectivity index (χ0n) is 19.5. The standard InChI is InChI=1S/C26H26ClN3O4S/c1-18-15-20(27)11-14-25(18)30(35(32,33)22-8-4-3-5-9-22)17-26(31)29-28-24-10-6-7-19-16-21(34-2)12-13-23(19)24/h3-5,8-9,11-16H,6-7,10,17H2,1-2H3,(H,29,31)/b28-24+. The van der Waals surface area contributed by atoms with Crippen molar-refractivity contribution in [1.82, 2.24) is 5.43 Å². The molecule has 4 rings (SSSR count). The van der Waals surface area contributed by atoms with Gasteiger partial charge in [-0.2, -0.15) is 5.10 Å². The highest BCUT2D eigenvalue weighted by atomic mass is 35.5. The van der Waals surface area contributed by atoms with Crippen LogP contribution in [-0.4, -0.2) is 33.7 Å². The lowest BCUT2D eigenvalue weighted by atomic mass is 9.90. The molecule has 35 heavy (non-hydrogen) atoms. The largest absolute Gasteiger partial charge is 0.497 e. The second-order valence-corrected chi connectivity index (χ2v) is 10.5. The Labute approximate surface area is 210 Å². The molecule has 1 N–H and O–H groups in total. The number of hydrogen-bond donors (Lipinski definition) is 1. The summed E-state index contributed by atoms with van der Waals surface area (Å²) in [6.07, 6.45) is 2.51. The van der Waals surface area contributed by atoms with Gasteiger partial charge in [0.1, 0.15) is 12.3 Å². The molecule has 9 heteroatoms. The summed E-state index contributed by atoms with van der Waals surface area (Å²) in [5.41, 5.74) is 6.38. The molecule has 0 aromatic heterocycles. The molecule has 3 aromatic rings. The molecule has 0 aliphatic heterocycles. The number of carbonyl (C=O) groups is 1. The van der Waals surface area contributed by atoms with Crippen LogP contribution in [0.4, 0.5) is 5.69 Å². The van der Waals surface area contributed by atoms with Gasteiger partial charge < -0.3 is 4.74 Å². The van der Waals surface area contributed by atoms with Crippen LogP contribution >= 0.6 is 11.6 Å². The number of halogens is 1. The van der Waals surface area contributed by atoms with E-state index in [-0.39, 0.29) is 4.90 Å². The van der Waals surface area contributed by atoms with Crippen LogP contribution in [0.1, 0.15) is 29.5 Å². The molecule has 0 radical (unpaired) electrons. The molecule has 7 nitrogen and oxygen atoms in total. The quantitative estimate of drug-likeness (QED) is 0.465. The highest BCUT2D eigenvalue weighted by Crippen LogP contribution is 2.29. The molecule has 0 unspecified atom stereocenters. The summed E-state index contributed by atoms with van der Waals surface area (Å²) >= 11 is 6.08. The smallest absolute Gasteiger partial charge is 0.264 e. The lowest BCUT2D eigenvalue weighted by Crippen LogP contribution is -2.40. The van der Waals surface area contributed by atoms with Crippen molar-refractivity contribution < 1.29 is 17.9 Å². The summed E-state index contributed by atoms with van der Waals surface area (Å²) in [6, 6.07) is 18.6. The van der Waals surface area contributed by atoms with Gasteiger partial charge in [-0.25, -0.2) is 13.8 Å². The summed E-state index contributed by atoms with van der Waals surface area (Å²) in [7, 11) is -2.39. The van der Waals surface area contributed by atoms with Gasteiger partial charge in [-0.3, -0.25) is 9.10 Å². The van der Waals surface area contributed by atoms with Gasteiger partial charge in [0, 0.05) is 10.6 Å². The number of nitrogens with one attached hydrogen (secondary N) is 1. The van der Waals surface area contributed by atoms with Gasteiger partial charge in [-0.15, -0.1) is 0 Å². The van der Waals surface area contributed by atoms with Crippen molar-refractivity contribution in [3.63, 3.8) is 0 Å². The van der Waals surface area contributed by atoms with Crippen molar-refractivity contribution in [1.29, 1.82) is 0 Å². The first-order valence-corrected chi connectivity index (χ1v) is 13.0. The van der Waals surface area contributed by atoms with E-state index in [1.54, 1.807) is 50.4 Å². The minimum Gasteiger partial charge on any atom is -0.497 e. The second-order valence-electron chi connectivity index (χ2n) is 8.23. The number of fused-ring (bicyclic) bond motifs is 1. The third kappa shape index (κ3) is 5.49. The van der Waals surface area contributed by atoms with E-state index in [1.807, 2.05) is 18.2 Å². The van der Waals surface area contributed by atoms with Gasteiger partial charge >= 0.3 is 0 Å². The van der Waals surface area contributed by atoms with E-state index < -0.39 is 22.5 Å². The van der Waals surface area contributed by atoms with Crippen molar-refractivity contribution in [2.24, 2.45) is 5.10 Å². The van der Waals surface area contributed by atoms with Gasteiger partial charge in [0.25, 0.3) is 15.9 Å². The Morgan fingerprint density at radius 2 is 1.86 bits per heavy atom. The molecule has 3 aromatic carbocycles. The Bertz CT molecular complexity index is 1370. The third-order valence-corrected chi connectivity index (χ3v) is 7.85. The topological polar surface area (TPSA) is 88.1 Å². The number of amides is 1.